The van der Waals surface area contributed by atoms with Crippen molar-refractivity contribution < 1.29 is 22.2 Å². The normalized spacial score (nSPS) is 28.0. The molecule has 216 valence electrons. The zero-order chi connectivity index (χ0) is 29.1. The van der Waals surface area contributed by atoms with Gasteiger partial charge in [-0.1, -0.05) is 18.2 Å². The van der Waals surface area contributed by atoms with Gasteiger partial charge in [-0.3, -0.25) is 4.79 Å². The molecule has 3 heterocycles. The maximum Gasteiger partial charge on any atom is 0.227 e. The highest BCUT2D eigenvalue weighted by Gasteiger charge is 2.46. The van der Waals surface area contributed by atoms with Crippen molar-refractivity contribution in [1.29, 1.82) is 5.26 Å². The molecule has 12 heteroatoms. The van der Waals surface area contributed by atoms with Gasteiger partial charge in [0.15, 0.2) is 11.5 Å². The summed E-state index contributed by atoms with van der Waals surface area (Å²) in [4.78, 5) is 17.7. The molecule has 41 heavy (non-hydrogen) atoms. The van der Waals surface area contributed by atoms with Gasteiger partial charge in [0.1, 0.15) is 23.9 Å². The lowest BCUT2D eigenvalue weighted by atomic mass is 9.78. The van der Waals surface area contributed by atoms with Crippen LogP contribution >= 0.6 is 0 Å². The fourth-order valence-corrected chi connectivity index (χ4v) is 7.04. The SMILES string of the molecule is CS(=O)N1CCN(C(=O)C2CN(c3ccc(C#N)nn3)C[C@H]2C2C=CC(F)=CC2F)CCC[C@H]1c1ccc(F)cc1. The molecule has 1 amide bonds. The number of carbonyl (C=O) groups excluding carboxylic acids is 1. The Balaban J connectivity index is 1.37. The third kappa shape index (κ3) is 6.36. The maximum atomic E-state index is 15.1. The number of carbonyl (C=O) groups is 1. The first-order valence-electron chi connectivity index (χ1n) is 13.6. The molecular weight excluding hydrogens is 553 g/mol. The molecular formula is C29H31F3N6O2S. The third-order valence-corrected chi connectivity index (χ3v) is 9.27. The van der Waals surface area contributed by atoms with Crippen molar-refractivity contribution in [2.75, 3.05) is 43.9 Å². The van der Waals surface area contributed by atoms with Gasteiger partial charge in [0.2, 0.25) is 5.91 Å². The Labute approximate surface area is 239 Å². The van der Waals surface area contributed by atoms with E-state index in [2.05, 4.69) is 10.2 Å². The van der Waals surface area contributed by atoms with Crippen LogP contribution in [0.5, 0.6) is 0 Å². The molecule has 2 saturated heterocycles. The minimum absolute atomic E-state index is 0.142. The first-order valence-corrected chi connectivity index (χ1v) is 15.1. The number of rotatable bonds is 5. The van der Waals surface area contributed by atoms with Gasteiger partial charge in [0.25, 0.3) is 0 Å². The van der Waals surface area contributed by atoms with Crippen molar-refractivity contribution in [3.05, 3.63) is 77.5 Å². The molecule has 0 bridgehead atoms. The van der Waals surface area contributed by atoms with Crippen molar-refractivity contribution >= 4 is 22.7 Å². The van der Waals surface area contributed by atoms with Crippen molar-refractivity contribution in [3.8, 4) is 6.07 Å². The number of nitrogens with zero attached hydrogens (tertiary/aromatic N) is 6. The number of allylic oxidation sites excluding steroid dienone is 4. The summed E-state index contributed by atoms with van der Waals surface area (Å²) >= 11 is 0. The van der Waals surface area contributed by atoms with Gasteiger partial charge in [-0.2, -0.15) is 5.26 Å². The number of halogens is 3. The second-order valence-corrected chi connectivity index (χ2v) is 11.9. The summed E-state index contributed by atoms with van der Waals surface area (Å²) in [6, 6.07) is 11.1. The van der Waals surface area contributed by atoms with Gasteiger partial charge >= 0.3 is 0 Å². The molecule has 2 aliphatic heterocycles. The molecule has 4 unspecified atom stereocenters. The first kappa shape index (κ1) is 29.0. The largest absolute Gasteiger partial charge is 0.354 e. The van der Waals surface area contributed by atoms with E-state index < -0.39 is 40.7 Å². The monoisotopic (exact) mass is 584 g/mol. The summed E-state index contributed by atoms with van der Waals surface area (Å²) in [5, 5.41) is 17.1. The molecule has 0 saturated carbocycles. The summed E-state index contributed by atoms with van der Waals surface area (Å²) in [6.45, 7) is 1.72. The minimum atomic E-state index is -1.57. The van der Waals surface area contributed by atoms with E-state index in [-0.39, 0.29) is 30.0 Å². The van der Waals surface area contributed by atoms with Gasteiger partial charge < -0.3 is 9.80 Å². The van der Waals surface area contributed by atoms with Crippen molar-refractivity contribution in [1.82, 2.24) is 19.4 Å². The van der Waals surface area contributed by atoms with Crippen LogP contribution in [0.15, 0.2) is 60.5 Å². The van der Waals surface area contributed by atoms with E-state index in [4.69, 9.17) is 5.26 Å². The van der Waals surface area contributed by atoms with E-state index in [0.717, 1.165) is 11.6 Å². The molecule has 0 N–H and O–H groups in total. The van der Waals surface area contributed by atoms with E-state index >= 15 is 4.39 Å². The Hall–Kier alpha value is -3.56. The van der Waals surface area contributed by atoms with Gasteiger partial charge in [-0.05, 0) is 60.7 Å². The Bertz CT molecular complexity index is 1380. The zero-order valence-corrected chi connectivity index (χ0v) is 23.4. The predicted molar refractivity (Wildman–Crippen MR) is 148 cm³/mol. The van der Waals surface area contributed by atoms with Crippen LogP contribution in [-0.4, -0.2) is 74.7 Å². The quantitative estimate of drug-likeness (QED) is 0.530. The molecule has 6 atom stereocenters. The van der Waals surface area contributed by atoms with Gasteiger partial charge in [-0.25, -0.2) is 21.7 Å². The highest BCUT2D eigenvalue weighted by molar-refractivity contribution is 7.81. The van der Waals surface area contributed by atoms with Crippen LogP contribution in [0.3, 0.4) is 0 Å². The average molecular weight is 585 g/mol. The molecule has 3 aliphatic rings. The number of hydrogen-bond acceptors (Lipinski definition) is 6. The van der Waals surface area contributed by atoms with E-state index in [9.17, 15) is 17.8 Å². The molecule has 5 rings (SSSR count). The smallest absolute Gasteiger partial charge is 0.227 e. The molecule has 1 aromatic carbocycles. The lowest BCUT2D eigenvalue weighted by molar-refractivity contribution is -0.137. The fraction of sp³-hybridized carbons (Fsp3) is 0.448. The summed E-state index contributed by atoms with van der Waals surface area (Å²) in [7, 11) is -1.33. The molecule has 2 fully saturated rings. The highest BCUT2D eigenvalue weighted by Crippen LogP contribution is 2.39. The number of anilines is 1. The van der Waals surface area contributed by atoms with E-state index in [1.807, 2.05) is 15.3 Å². The molecule has 0 spiro atoms. The van der Waals surface area contributed by atoms with Gasteiger partial charge in [-0.15, -0.1) is 10.2 Å². The number of hydrogen-bond donors (Lipinski definition) is 0. The topological polar surface area (TPSA) is 93.4 Å². The van der Waals surface area contributed by atoms with Crippen molar-refractivity contribution in [3.63, 3.8) is 0 Å². The predicted octanol–water partition coefficient (Wildman–Crippen LogP) is 3.88. The third-order valence-electron chi connectivity index (χ3n) is 8.17. The second kappa shape index (κ2) is 12.5. The molecule has 1 aromatic heterocycles. The first-order chi connectivity index (χ1) is 19.7. The number of amides is 1. The Morgan fingerprint density at radius 3 is 2.51 bits per heavy atom. The van der Waals surface area contributed by atoms with E-state index in [1.54, 1.807) is 35.4 Å². The van der Waals surface area contributed by atoms with Crippen LogP contribution in [0.25, 0.3) is 0 Å². The number of nitriles is 1. The van der Waals surface area contributed by atoms with Crippen molar-refractivity contribution in [2.24, 2.45) is 17.8 Å². The van der Waals surface area contributed by atoms with Crippen LogP contribution in [0.2, 0.25) is 0 Å². The summed E-state index contributed by atoms with van der Waals surface area (Å²) < 4.78 is 57.0. The van der Waals surface area contributed by atoms with Crippen LogP contribution in [0.1, 0.15) is 30.1 Å². The van der Waals surface area contributed by atoms with Gasteiger partial charge in [0, 0.05) is 50.9 Å². The lowest BCUT2D eigenvalue weighted by Crippen LogP contribution is -2.47. The molecule has 1 aliphatic carbocycles. The van der Waals surface area contributed by atoms with E-state index in [1.165, 1.54) is 24.3 Å². The molecule has 2 aromatic rings. The lowest BCUT2D eigenvalue weighted by Gasteiger charge is -2.37. The van der Waals surface area contributed by atoms with Crippen LogP contribution in [0, 0.1) is 34.9 Å². The van der Waals surface area contributed by atoms with Crippen LogP contribution < -0.4 is 4.90 Å². The minimum Gasteiger partial charge on any atom is -0.354 e. The Morgan fingerprint density at radius 2 is 1.85 bits per heavy atom. The van der Waals surface area contributed by atoms with Crippen LogP contribution in [0.4, 0.5) is 19.0 Å². The zero-order valence-electron chi connectivity index (χ0n) is 22.6. The number of alkyl halides is 1. The fourth-order valence-electron chi connectivity index (χ4n) is 6.11. The Kier molecular flexibility index (Phi) is 8.85. The van der Waals surface area contributed by atoms with Crippen LogP contribution in [-0.2, 0) is 15.8 Å². The summed E-state index contributed by atoms with van der Waals surface area (Å²) in [6.07, 6.45) is 4.96. The summed E-state index contributed by atoms with van der Waals surface area (Å²) in [5.41, 5.74) is 1.03. The maximum absolute atomic E-state index is 15.1. The van der Waals surface area contributed by atoms with E-state index in [0.29, 0.717) is 44.8 Å². The molecule has 8 nitrogen and oxygen atoms in total. The molecule has 0 radical (unpaired) electrons. The number of benzene rings is 1. The standard InChI is InChI=1S/C29H31F3N6O2S/c1-41(40)38-14-13-36(12-2-3-27(38)19-4-6-20(30)7-5-19)29(39)25-18-37(28-11-9-22(16-33)34-35-28)17-24(25)23-10-8-21(31)15-26(23)32/h4-11,15,23-27H,2-3,12-14,17-18H2,1H3/t23?,24-,25?,26?,27-,41?/m0/s1. The summed E-state index contributed by atoms with van der Waals surface area (Å²) in [5.74, 6) is -2.39. The average Bonchev–Trinajstić information content (AvgIpc) is 3.38. The Morgan fingerprint density at radius 1 is 1.07 bits per heavy atom. The van der Waals surface area contributed by atoms with Crippen molar-refractivity contribution in [2.45, 2.75) is 25.1 Å². The number of aromatic nitrogens is 2. The van der Waals surface area contributed by atoms with Gasteiger partial charge in [0.05, 0.1) is 16.9 Å². The second-order valence-electron chi connectivity index (χ2n) is 10.6. The highest BCUT2D eigenvalue weighted by atomic mass is 32.2.